The Bertz CT molecular complexity index is 2390. The summed E-state index contributed by atoms with van der Waals surface area (Å²) in [4.78, 5) is 5.08. The fraction of sp³-hybridized carbons (Fsp3) is 0.368. The molecule has 0 amide bonds. The summed E-state index contributed by atoms with van der Waals surface area (Å²) in [6.07, 6.45) is 15.5. The zero-order valence-corrected chi connectivity index (χ0v) is 37.4. The minimum absolute atomic E-state index is 0.143. The van der Waals surface area contributed by atoms with E-state index in [1.807, 2.05) is 0 Å². The molecule has 0 aromatic heterocycles. The van der Waals surface area contributed by atoms with Crippen LogP contribution in [0.25, 0.3) is 22.3 Å². The summed E-state index contributed by atoms with van der Waals surface area (Å²) in [5, 5.41) is 7.55. The van der Waals surface area contributed by atoms with Gasteiger partial charge in [0.25, 0.3) is 0 Å². The van der Waals surface area contributed by atoms with E-state index in [1.54, 1.807) is 0 Å². The standard InChI is InChI=1S/C57H64N4/c1-37-29-51-41(31-39-17-27-49(35-53(39)51)60(5)47-13-9-7-10-14-47)33-55(37)58-45-23-19-43(20-24-45)57(3,4)44-21-25-46(26-22-44)59-56-34-42-32-40-18-28-50(36-54(40)52(42)30-38(56)2)61(6)48-15-11-8-12-16-48/h17-30,33-36,47-48,58-59H,7-16,31-32H2,1-6H3. The van der Waals surface area contributed by atoms with Crippen molar-refractivity contribution in [3.05, 3.63) is 154 Å². The summed E-state index contributed by atoms with van der Waals surface area (Å²) in [7, 11) is 4.60. The van der Waals surface area contributed by atoms with E-state index in [4.69, 9.17) is 0 Å². The summed E-state index contributed by atoms with van der Waals surface area (Å²) in [5.74, 6) is 0. The predicted molar refractivity (Wildman–Crippen MR) is 261 cm³/mol. The Balaban J connectivity index is 0.797. The van der Waals surface area contributed by atoms with Crippen molar-refractivity contribution in [2.24, 2.45) is 0 Å². The highest BCUT2D eigenvalue weighted by molar-refractivity contribution is 5.84. The number of nitrogens with one attached hydrogen (secondary N) is 2. The third-order valence-electron chi connectivity index (χ3n) is 15.3. The molecule has 6 aromatic rings. The zero-order chi connectivity index (χ0) is 41.8. The fourth-order valence-electron chi connectivity index (χ4n) is 11.1. The number of benzene rings is 6. The molecule has 0 aliphatic heterocycles. The smallest absolute Gasteiger partial charge is 0.0417 e. The van der Waals surface area contributed by atoms with Crippen LogP contribution < -0.4 is 20.4 Å². The van der Waals surface area contributed by atoms with E-state index in [1.165, 1.54) is 154 Å². The number of hydrogen-bond acceptors (Lipinski definition) is 4. The summed E-state index contributed by atoms with van der Waals surface area (Å²) in [6, 6.07) is 43.4. The van der Waals surface area contributed by atoms with Gasteiger partial charge in [0.15, 0.2) is 0 Å². The molecule has 6 aromatic carbocycles. The molecule has 2 fully saturated rings. The number of rotatable bonds is 10. The summed E-state index contributed by atoms with van der Waals surface area (Å²) in [6.45, 7) is 9.15. The van der Waals surface area contributed by atoms with Gasteiger partial charge < -0.3 is 20.4 Å². The Labute approximate surface area is 365 Å². The second kappa shape index (κ2) is 16.1. The Kier molecular flexibility index (Phi) is 10.5. The third kappa shape index (κ3) is 7.62. The van der Waals surface area contributed by atoms with Crippen molar-refractivity contribution >= 4 is 34.1 Å². The van der Waals surface area contributed by atoms with Crippen LogP contribution in [0.15, 0.2) is 109 Å². The molecule has 4 aliphatic carbocycles. The molecular formula is C57H64N4. The molecule has 0 atom stereocenters. The molecule has 0 spiro atoms. The maximum Gasteiger partial charge on any atom is 0.0417 e. The Hall–Kier alpha value is -5.48. The van der Waals surface area contributed by atoms with Crippen molar-refractivity contribution < 1.29 is 0 Å². The van der Waals surface area contributed by atoms with Crippen LogP contribution in [0.4, 0.5) is 34.1 Å². The van der Waals surface area contributed by atoms with Crippen LogP contribution in [0.3, 0.4) is 0 Å². The highest BCUT2D eigenvalue weighted by Gasteiger charge is 2.27. The molecule has 2 saturated carbocycles. The van der Waals surface area contributed by atoms with Gasteiger partial charge in [0.1, 0.15) is 0 Å². The maximum absolute atomic E-state index is 3.78. The van der Waals surface area contributed by atoms with Gasteiger partial charge in [-0.25, -0.2) is 0 Å². The van der Waals surface area contributed by atoms with Crippen molar-refractivity contribution in [2.45, 2.75) is 122 Å². The second-order valence-electron chi connectivity index (χ2n) is 19.5. The number of anilines is 6. The number of aryl methyl sites for hydroxylation is 2. The molecule has 2 N–H and O–H groups in total. The van der Waals surface area contributed by atoms with Gasteiger partial charge in [0, 0.05) is 65.7 Å². The SMILES string of the molecule is Cc1cc2c(cc1Nc1ccc(C(C)(C)c3ccc(Nc4cc5c(cc4C)-c4cc(N(C)C6CCCCC6)ccc4C5)cc3)cc1)Cc1ccc(N(C)C3CCCCC3)cc1-2. The van der Waals surface area contributed by atoms with Gasteiger partial charge in [-0.1, -0.05) is 88.8 Å². The van der Waals surface area contributed by atoms with E-state index in [9.17, 15) is 0 Å². The zero-order valence-electron chi connectivity index (χ0n) is 37.4. The topological polar surface area (TPSA) is 30.5 Å². The minimum atomic E-state index is -0.143. The lowest BCUT2D eigenvalue weighted by atomic mass is 9.78. The van der Waals surface area contributed by atoms with Crippen molar-refractivity contribution in [2.75, 3.05) is 34.5 Å². The number of nitrogens with zero attached hydrogens (tertiary/aromatic N) is 2. The van der Waals surface area contributed by atoms with Gasteiger partial charge in [0.05, 0.1) is 0 Å². The highest BCUT2D eigenvalue weighted by atomic mass is 15.1. The maximum atomic E-state index is 3.78. The van der Waals surface area contributed by atoms with E-state index >= 15 is 0 Å². The lowest BCUT2D eigenvalue weighted by Gasteiger charge is -2.33. The van der Waals surface area contributed by atoms with Crippen LogP contribution in [-0.4, -0.2) is 26.2 Å². The van der Waals surface area contributed by atoms with E-state index in [0.717, 1.165) is 24.2 Å². The van der Waals surface area contributed by atoms with Crippen molar-refractivity contribution in [1.82, 2.24) is 0 Å². The third-order valence-corrected chi connectivity index (χ3v) is 15.3. The molecule has 10 rings (SSSR count). The van der Waals surface area contributed by atoms with Crippen LogP contribution >= 0.6 is 0 Å². The first-order chi connectivity index (χ1) is 29.6. The Morgan fingerprint density at radius 3 is 1.21 bits per heavy atom. The highest BCUT2D eigenvalue weighted by Crippen LogP contribution is 2.44. The van der Waals surface area contributed by atoms with Crippen LogP contribution in [-0.2, 0) is 18.3 Å². The lowest BCUT2D eigenvalue weighted by molar-refractivity contribution is 0.427. The Morgan fingerprint density at radius 2 is 0.820 bits per heavy atom. The predicted octanol–water partition coefficient (Wildman–Crippen LogP) is 14.8. The molecule has 0 radical (unpaired) electrons. The summed E-state index contributed by atoms with van der Waals surface area (Å²) >= 11 is 0. The lowest BCUT2D eigenvalue weighted by Crippen LogP contribution is -2.33. The first kappa shape index (κ1) is 39.6. The molecule has 61 heavy (non-hydrogen) atoms. The fourth-order valence-corrected chi connectivity index (χ4v) is 11.1. The van der Waals surface area contributed by atoms with Crippen molar-refractivity contribution in [3.63, 3.8) is 0 Å². The van der Waals surface area contributed by atoms with E-state index in [2.05, 4.69) is 171 Å². The van der Waals surface area contributed by atoms with Gasteiger partial charge in [-0.2, -0.15) is 0 Å². The number of fused-ring (bicyclic) bond motifs is 6. The molecule has 0 heterocycles. The monoisotopic (exact) mass is 805 g/mol. The molecule has 0 bridgehead atoms. The van der Waals surface area contributed by atoms with Gasteiger partial charge in [0.2, 0.25) is 0 Å². The van der Waals surface area contributed by atoms with Crippen LogP contribution in [0, 0.1) is 13.8 Å². The first-order valence-corrected chi connectivity index (χ1v) is 23.3. The molecule has 0 saturated heterocycles. The normalized spacial score (nSPS) is 16.1. The average molecular weight is 805 g/mol. The first-order valence-electron chi connectivity index (χ1n) is 23.3. The van der Waals surface area contributed by atoms with Crippen LogP contribution in [0.1, 0.15) is 123 Å². The molecule has 4 nitrogen and oxygen atoms in total. The Morgan fingerprint density at radius 1 is 0.443 bits per heavy atom. The van der Waals surface area contributed by atoms with Crippen molar-refractivity contribution in [1.29, 1.82) is 0 Å². The summed E-state index contributed by atoms with van der Waals surface area (Å²) < 4.78 is 0. The van der Waals surface area contributed by atoms with Crippen LogP contribution in [0.2, 0.25) is 0 Å². The van der Waals surface area contributed by atoms with Gasteiger partial charge >= 0.3 is 0 Å². The minimum Gasteiger partial charge on any atom is -0.372 e. The van der Waals surface area contributed by atoms with Gasteiger partial charge in [-0.15, -0.1) is 0 Å². The average Bonchev–Trinajstić information content (AvgIpc) is 3.83. The summed E-state index contributed by atoms with van der Waals surface area (Å²) in [5.41, 5.74) is 23.7. The second-order valence-corrected chi connectivity index (χ2v) is 19.5. The van der Waals surface area contributed by atoms with Gasteiger partial charge in [-0.05, 0) is 192 Å². The van der Waals surface area contributed by atoms with Crippen LogP contribution in [0.5, 0.6) is 0 Å². The van der Waals surface area contributed by atoms with E-state index < -0.39 is 0 Å². The quantitative estimate of drug-likeness (QED) is 0.144. The van der Waals surface area contributed by atoms with E-state index in [0.29, 0.717) is 12.1 Å². The molecule has 0 unspecified atom stereocenters. The molecule has 4 heteroatoms. The van der Waals surface area contributed by atoms with E-state index in [-0.39, 0.29) is 5.41 Å². The number of hydrogen-bond donors (Lipinski definition) is 2. The molecule has 4 aliphatic rings. The largest absolute Gasteiger partial charge is 0.372 e. The molecular weight excluding hydrogens is 741 g/mol. The molecule has 312 valence electrons. The van der Waals surface area contributed by atoms with Crippen molar-refractivity contribution in [3.8, 4) is 22.3 Å². The van der Waals surface area contributed by atoms with Gasteiger partial charge in [-0.3, -0.25) is 0 Å².